The summed E-state index contributed by atoms with van der Waals surface area (Å²) in [5, 5.41) is 7.48. The van der Waals surface area contributed by atoms with Crippen molar-refractivity contribution >= 4 is 28.5 Å². The highest BCUT2D eigenvalue weighted by molar-refractivity contribution is 6.09. The smallest absolute Gasteiger partial charge is 0.252 e. The average molecular weight is 373 g/mol. The number of fused-ring (bicyclic) bond motifs is 2. The predicted octanol–water partition coefficient (Wildman–Crippen LogP) is 3.80. The highest BCUT2D eigenvalue weighted by atomic mass is 16.3. The molecule has 3 heterocycles. The van der Waals surface area contributed by atoms with Gasteiger partial charge in [-0.05, 0) is 67.6 Å². The zero-order valence-electron chi connectivity index (χ0n) is 15.7. The van der Waals surface area contributed by atoms with Gasteiger partial charge in [0, 0.05) is 18.0 Å². The average Bonchev–Trinajstić information content (AvgIpc) is 3.41. The van der Waals surface area contributed by atoms with Crippen molar-refractivity contribution in [2.24, 2.45) is 0 Å². The van der Waals surface area contributed by atoms with E-state index in [0.29, 0.717) is 0 Å². The van der Waals surface area contributed by atoms with E-state index in [9.17, 15) is 4.79 Å². The number of aromatic nitrogens is 1. The minimum atomic E-state index is 0.0165. The molecule has 1 aromatic carbocycles. The molecule has 0 radical (unpaired) electrons. The first kappa shape index (κ1) is 17.2. The van der Waals surface area contributed by atoms with Gasteiger partial charge in [0.25, 0.3) is 5.91 Å². The number of para-hydroxylation sites is 1. The third kappa shape index (κ3) is 3.12. The molecule has 2 aromatic heterocycles. The van der Waals surface area contributed by atoms with Crippen LogP contribution in [0.15, 0.2) is 47.1 Å². The van der Waals surface area contributed by atoms with E-state index >= 15 is 0 Å². The highest BCUT2D eigenvalue weighted by Crippen LogP contribution is 2.36. The summed E-state index contributed by atoms with van der Waals surface area (Å²) in [6.07, 6.45) is 7.52. The van der Waals surface area contributed by atoms with E-state index in [2.05, 4.69) is 16.7 Å². The van der Waals surface area contributed by atoms with Crippen molar-refractivity contribution in [1.29, 1.82) is 0 Å². The molecule has 5 nitrogen and oxygen atoms in total. The first-order valence-corrected chi connectivity index (χ1v) is 9.97. The van der Waals surface area contributed by atoms with Gasteiger partial charge in [-0.25, -0.2) is 4.98 Å². The number of nitrogens with one attached hydrogen (secondary N) is 2. The third-order valence-corrected chi connectivity index (χ3v) is 5.65. The van der Waals surface area contributed by atoms with Gasteiger partial charge in [0.1, 0.15) is 5.76 Å². The Morgan fingerprint density at radius 2 is 2.14 bits per heavy atom. The largest absolute Gasteiger partial charge is 0.465 e. The molecule has 1 saturated heterocycles. The molecule has 28 heavy (non-hydrogen) atoms. The normalized spacial score (nSPS) is 20.4. The molecule has 2 N–H and O–H groups in total. The zero-order valence-corrected chi connectivity index (χ0v) is 15.7. The lowest BCUT2D eigenvalue weighted by Crippen LogP contribution is -2.37. The summed E-state index contributed by atoms with van der Waals surface area (Å²) in [4.78, 5) is 18.3. The molecule has 2 aliphatic rings. The van der Waals surface area contributed by atoms with Gasteiger partial charge in [-0.3, -0.25) is 4.79 Å². The fraction of sp³-hybridized carbons (Fsp3) is 0.304. The standard InChI is InChI=1S/C23H23N3O2/c27-23(25-16-10-11-24-14-16)21-18-7-1-2-9-20(18)26-22-15(5-3-8-19(21)22)13-17-6-4-12-28-17/h1-2,4,6-7,9,12-13,16,24H,3,5,8,10-11,14H2,(H,25,27)/b15-13-. The van der Waals surface area contributed by atoms with Crippen LogP contribution >= 0.6 is 0 Å². The van der Waals surface area contributed by atoms with Crippen molar-refractivity contribution in [2.45, 2.75) is 31.7 Å². The zero-order chi connectivity index (χ0) is 18.9. The molecule has 5 rings (SSSR count). The number of amides is 1. The lowest BCUT2D eigenvalue weighted by atomic mass is 9.86. The molecule has 0 bridgehead atoms. The molecule has 0 spiro atoms. The Morgan fingerprint density at radius 3 is 2.96 bits per heavy atom. The minimum absolute atomic E-state index is 0.0165. The van der Waals surface area contributed by atoms with Gasteiger partial charge >= 0.3 is 0 Å². The first-order valence-electron chi connectivity index (χ1n) is 9.97. The maximum atomic E-state index is 13.3. The van der Waals surface area contributed by atoms with Crippen molar-refractivity contribution in [3.05, 3.63) is 65.2 Å². The van der Waals surface area contributed by atoms with E-state index in [1.807, 2.05) is 36.4 Å². The van der Waals surface area contributed by atoms with E-state index < -0.39 is 0 Å². The number of allylic oxidation sites excluding steroid dienone is 1. The number of hydrogen-bond acceptors (Lipinski definition) is 4. The second kappa shape index (κ2) is 7.24. The molecule has 5 heteroatoms. The molecule has 1 fully saturated rings. The monoisotopic (exact) mass is 373 g/mol. The number of carbonyl (C=O) groups is 1. The number of nitrogens with zero attached hydrogens (tertiary/aromatic N) is 1. The van der Waals surface area contributed by atoms with E-state index in [1.54, 1.807) is 6.26 Å². The first-order chi connectivity index (χ1) is 13.8. The molecule has 1 aliphatic carbocycles. The van der Waals surface area contributed by atoms with E-state index in [1.165, 1.54) is 0 Å². The molecule has 1 atom stereocenters. The van der Waals surface area contributed by atoms with Crippen LogP contribution in [0.1, 0.15) is 46.6 Å². The fourth-order valence-corrected chi connectivity index (χ4v) is 4.31. The second-order valence-electron chi connectivity index (χ2n) is 7.53. The Morgan fingerprint density at radius 1 is 1.21 bits per heavy atom. The summed E-state index contributed by atoms with van der Waals surface area (Å²) in [6, 6.07) is 12.0. The van der Waals surface area contributed by atoms with Crippen LogP contribution in [-0.2, 0) is 6.42 Å². The van der Waals surface area contributed by atoms with Gasteiger partial charge < -0.3 is 15.1 Å². The summed E-state index contributed by atoms with van der Waals surface area (Å²) in [7, 11) is 0. The Balaban J connectivity index is 1.65. The van der Waals surface area contributed by atoms with Crippen molar-refractivity contribution in [3.8, 4) is 0 Å². The van der Waals surface area contributed by atoms with Gasteiger partial charge in [-0.15, -0.1) is 0 Å². The van der Waals surface area contributed by atoms with E-state index in [4.69, 9.17) is 9.40 Å². The number of carbonyl (C=O) groups excluding carboxylic acids is 1. The predicted molar refractivity (Wildman–Crippen MR) is 110 cm³/mol. The fourth-order valence-electron chi connectivity index (χ4n) is 4.31. The molecule has 1 amide bonds. The molecular weight excluding hydrogens is 350 g/mol. The van der Waals surface area contributed by atoms with Gasteiger partial charge in [0.2, 0.25) is 0 Å². The molecule has 1 unspecified atom stereocenters. The number of furan rings is 1. The van der Waals surface area contributed by atoms with Crippen LogP contribution in [0.5, 0.6) is 0 Å². The maximum Gasteiger partial charge on any atom is 0.252 e. The second-order valence-corrected chi connectivity index (χ2v) is 7.53. The molecule has 0 saturated carbocycles. The van der Waals surface area contributed by atoms with Gasteiger partial charge in [0.05, 0.1) is 23.0 Å². The van der Waals surface area contributed by atoms with E-state index in [0.717, 1.165) is 77.8 Å². The summed E-state index contributed by atoms with van der Waals surface area (Å²) in [6.45, 7) is 1.79. The van der Waals surface area contributed by atoms with Gasteiger partial charge in [-0.1, -0.05) is 18.2 Å². The van der Waals surface area contributed by atoms with Crippen molar-refractivity contribution in [2.75, 3.05) is 13.1 Å². The third-order valence-electron chi connectivity index (χ3n) is 5.65. The number of pyridine rings is 1. The lowest BCUT2D eigenvalue weighted by Gasteiger charge is -2.23. The molecular formula is C23H23N3O2. The van der Waals surface area contributed by atoms with Gasteiger partial charge in [-0.2, -0.15) is 0 Å². The lowest BCUT2D eigenvalue weighted by molar-refractivity contribution is 0.0940. The van der Waals surface area contributed by atoms with Crippen LogP contribution in [0.4, 0.5) is 0 Å². The summed E-state index contributed by atoms with van der Waals surface area (Å²) < 4.78 is 5.51. The molecule has 3 aromatic rings. The van der Waals surface area contributed by atoms with Crippen LogP contribution in [0.2, 0.25) is 0 Å². The minimum Gasteiger partial charge on any atom is -0.465 e. The molecule has 1 aliphatic heterocycles. The molecule has 142 valence electrons. The van der Waals surface area contributed by atoms with Crippen molar-refractivity contribution < 1.29 is 9.21 Å². The van der Waals surface area contributed by atoms with Crippen LogP contribution in [-0.4, -0.2) is 30.0 Å². The Hall–Kier alpha value is -2.92. The maximum absolute atomic E-state index is 13.3. The van der Waals surface area contributed by atoms with E-state index in [-0.39, 0.29) is 11.9 Å². The Labute approximate surface area is 163 Å². The topological polar surface area (TPSA) is 67.2 Å². The van der Waals surface area contributed by atoms with Gasteiger partial charge in [0.15, 0.2) is 0 Å². The summed E-state index contributed by atoms with van der Waals surface area (Å²) >= 11 is 0. The Bertz CT molecular complexity index is 1050. The van der Waals surface area contributed by atoms with Crippen LogP contribution in [0, 0.1) is 0 Å². The number of benzene rings is 1. The summed E-state index contributed by atoms with van der Waals surface area (Å²) in [5.74, 6) is 0.837. The SMILES string of the molecule is O=C(NC1CCNC1)c1c2c(nc3ccccc13)/C(=C\c1ccco1)CCC2. The highest BCUT2D eigenvalue weighted by Gasteiger charge is 2.27. The number of rotatable bonds is 3. The van der Waals surface area contributed by atoms with Crippen LogP contribution < -0.4 is 10.6 Å². The number of hydrogen-bond donors (Lipinski definition) is 2. The van der Waals surface area contributed by atoms with Crippen molar-refractivity contribution in [1.82, 2.24) is 15.6 Å². The Kier molecular flexibility index (Phi) is 4.45. The quantitative estimate of drug-likeness (QED) is 0.733. The van der Waals surface area contributed by atoms with Crippen molar-refractivity contribution in [3.63, 3.8) is 0 Å². The van der Waals surface area contributed by atoms with Crippen LogP contribution in [0.25, 0.3) is 22.6 Å². The summed E-state index contributed by atoms with van der Waals surface area (Å²) in [5.41, 5.74) is 4.79. The van der Waals surface area contributed by atoms with Crippen LogP contribution in [0.3, 0.4) is 0 Å².